The number of nitrogen functional groups attached to an aromatic ring is 1. The SMILES string of the molecule is COCCOCn1cc(N)c(C(=O)O)n1. The zero-order valence-corrected chi connectivity index (χ0v) is 8.34. The zero-order chi connectivity index (χ0) is 11.3. The molecule has 0 spiro atoms. The number of anilines is 1. The summed E-state index contributed by atoms with van der Waals surface area (Å²) < 4.78 is 11.2. The Morgan fingerprint density at radius 1 is 1.67 bits per heavy atom. The Hall–Kier alpha value is -1.60. The topological polar surface area (TPSA) is 99.6 Å². The van der Waals surface area contributed by atoms with Crippen LogP contribution in [-0.2, 0) is 16.2 Å². The van der Waals surface area contributed by atoms with Crippen LogP contribution in [0.2, 0.25) is 0 Å². The molecule has 3 N–H and O–H groups in total. The lowest BCUT2D eigenvalue weighted by molar-refractivity contribution is 0.0285. The van der Waals surface area contributed by atoms with E-state index in [4.69, 9.17) is 20.3 Å². The van der Waals surface area contributed by atoms with Crippen LogP contribution in [0.3, 0.4) is 0 Å². The van der Waals surface area contributed by atoms with E-state index in [-0.39, 0.29) is 18.1 Å². The van der Waals surface area contributed by atoms with Crippen LogP contribution < -0.4 is 5.73 Å². The lowest BCUT2D eigenvalue weighted by Crippen LogP contribution is -2.08. The van der Waals surface area contributed by atoms with E-state index in [1.165, 1.54) is 10.9 Å². The summed E-state index contributed by atoms with van der Waals surface area (Å²) in [4.78, 5) is 10.6. The quantitative estimate of drug-likeness (QED) is 0.636. The predicted octanol–water partition coefficient (Wildman–Crippen LogP) is -0.216. The van der Waals surface area contributed by atoms with Gasteiger partial charge in [0, 0.05) is 7.11 Å². The van der Waals surface area contributed by atoms with Gasteiger partial charge in [0.25, 0.3) is 0 Å². The van der Waals surface area contributed by atoms with Gasteiger partial charge in [-0.05, 0) is 0 Å². The summed E-state index contributed by atoms with van der Waals surface area (Å²) in [5.41, 5.74) is 5.39. The van der Waals surface area contributed by atoms with Crippen molar-refractivity contribution in [1.29, 1.82) is 0 Å². The highest BCUT2D eigenvalue weighted by Gasteiger charge is 2.12. The van der Waals surface area contributed by atoms with Gasteiger partial charge in [-0.3, -0.25) is 0 Å². The normalized spacial score (nSPS) is 10.5. The molecule has 15 heavy (non-hydrogen) atoms. The molecule has 0 aromatic carbocycles. The molecule has 0 aliphatic heterocycles. The minimum absolute atomic E-state index is 0.123. The summed E-state index contributed by atoms with van der Waals surface area (Å²) in [7, 11) is 1.57. The molecule has 7 nitrogen and oxygen atoms in total. The van der Waals surface area contributed by atoms with E-state index < -0.39 is 5.97 Å². The second-order valence-electron chi connectivity index (χ2n) is 2.81. The zero-order valence-electron chi connectivity index (χ0n) is 8.34. The Morgan fingerprint density at radius 3 is 2.93 bits per heavy atom. The molecule has 0 bridgehead atoms. The first-order valence-electron chi connectivity index (χ1n) is 4.28. The van der Waals surface area contributed by atoms with E-state index in [0.29, 0.717) is 13.2 Å². The molecule has 0 saturated carbocycles. The van der Waals surface area contributed by atoms with Crippen LogP contribution >= 0.6 is 0 Å². The summed E-state index contributed by atoms with van der Waals surface area (Å²) in [5.74, 6) is -1.15. The number of carboxylic acids is 1. The van der Waals surface area contributed by atoms with Crippen molar-refractivity contribution in [3.05, 3.63) is 11.9 Å². The van der Waals surface area contributed by atoms with Crippen molar-refractivity contribution in [3.63, 3.8) is 0 Å². The number of nitrogens with zero attached hydrogens (tertiary/aromatic N) is 2. The Morgan fingerprint density at radius 2 is 2.40 bits per heavy atom. The third kappa shape index (κ3) is 3.22. The average Bonchev–Trinajstić information content (AvgIpc) is 2.55. The van der Waals surface area contributed by atoms with Gasteiger partial charge in [-0.25, -0.2) is 9.48 Å². The maximum absolute atomic E-state index is 10.6. The van der Waals surface area contributed by atoms with Crippen LogP contribution in [0.1, 0.15) is 10.5 Å². The molecule has 1 rings (SSSR count). The fraction of sp³-hybridized carbons (Fsp3) is 0.500. The molecule has 0 radical (unpaired) electrons. The number of carboxylic acid groups (broad SMARTS) is 1. The van der Waals surface area contributed by atoms with E-state index in [9.17, 15) is 4.79 Å². The summed E-state index contributed by atoms with van der Waals surface area (Å²) in [5, 5.41) is 12.4. The van der Waals surface area contributed by atoms with Crippen LogP contribution in [0.25, 0.3) is 0 Å². The number of hydrogen-bond donors (Lipinski definition) is 2. The molecule has 0 fully saturated rings. The summed E-state index contributed by atoms with van der Waals surface area (Å²) in [6, 6.07) is 0. The molecule has 84 valence electrons. The number of aromatic carboxylic acids is 1. The number of nitrogens with two attached hydrogens (primary N) is 1. The molecular weight excluding hydrogens is 202 g/mol. The molecule has 0 aliphatic carbocycles. The van der Waals surface area contributed by atoms with Gasteiger partial charge in [0.1, 0.15) is 6.73 Å². The largest absolute Gasteiger partial charge is 0.476 e. The Bertz CT molecular complexity index is 337. The molecule has 7 heteroatoms. The van der Waals surface area contributed by atoms with Crippen molar-refractivity contribution in [2.24, 2.45) is 0 Å². The Balaban J connectivity index is 2.48. The van der Waals surface area contributed by atoms with Crippen LogP contribution in [0.5, 0.6) is 0 Å². The van der Waals surface area contributed by atoms with E-state index in [2.05, 4.69) is 5.10 Å². The minimum atomic E-state index is -1.15. The summed E-state index contributed by atoms with van der Waals surface area (Å²) in [6.07, 6.45) is 1.41. The molecule has 0 amide bonds. The predicted molar refractivity (Wildman–Crippen MR) is 51.4 cm³/mol. The fourth-order valence-corrected chi connectivity index (χ4v) is 0.969. The Labute approximate surface area is 86.4 Å². The summed E-state index contributed by atoms with van der Waals surface area (Å²) >= 11 is 0. The maximum Gasteiger partial charge on any atom is 0.358 e. The van der Waals surface area contributed by atoms with Crippen LogP contribution in [-0.4, -0.2) is 41.2 Å². The minimum Gasteiger partial charge on any atom is -0.476 e. The molecule has 0 saturated heterocycles. The van der Waals surface area contributed by atoms with Gasteiger partial charge in [-0.2, -0.15) is 5.10 Å². The third-order valence-electron chi connectivity index (χ3n) is 1.65. The van der Waals surface area contributed by atoms with E-state index in [0.717, 1.165) is 0 Å². The lowest BCUT2D eigenvalue weighted by Gasteiger charge is -2.02. The average molecular weight is 215 g/mol. The first-order valence-corrected chi connectivity index (χ1v) is 4.28. The summed E-state index contributed by atoms with van der Waals surface area (Å²) in [6.45, 7) is 1.04. The van der Waals surface area contributed by atoms with Crippen LogP contribution in [0.4, 0.5) is 5.69 Å². The highest BCUT2D eigenvalue weighted by molar-refractivity contribution is 5.90. The van der Waals surface area contributed by atoms with Crippen LogP contribution in [0, 0.1) is 0 Å². The molecule has 1 aromatic rings. The standard InChI is InChI=1S/C8H13N3O4/c1-14-2-3-15-5-11-4-6(9)7(10-11)8(12)13/h4H,2-3,5,9H2,1H3,(H,12,13). The van der Waals surface area contributed by atoms with Gasteiger partial charge >= 0.3 is 5.97 Å². The van der Waals surface area contributed by atoms with Crippen molar-refractivity contribution in [1.82, 2.24) is 9.78 Å². The number of carbonyl (C=O) groups is 1. The maximum atomic E-state index is 10.6. The van der Waals surface area contributed by atoms with Crippen molar-refractivity contribution in [3.8, 4) is 0 Å². The fourth-order valence-electron chi connectivity index (χ4n) is 0.969. The van der Waals surface area contributed by atoms with E-state index >= 15 is 0 Å². The van der Waals surface area contributed by atoms with Crippen molar-refractivity contribution in [2.75, 3.05) is 26.1 Å². The second-order valence-corrected chi connectivity index (χ2v) is 2.81. The van der Waals surface area contributed by atoms with Crippen molar-refractivity contribution < 1.29 is 19.4 Å². The Kier molecular flexibility index (Phi) is 4.07. The van der Waals surface area contributed by atoms with Gasteiger partial charge in [0.05, 0.1) is 25.1 Å². The lowest BCUT2D eigenvalue weighted by atomic mass is 10.4. The molecule has 1 aromatic heterocycles. The second kappa shape index (κ2) is 5.32. The third-order valence-corrected chi connectivity index (χ3v) is 1.65. The smallest absolute Gasteiger partial charge is 0.358 e. The number of methoxy groups -OCH3 is 1. The number of aromatic nitrogens is 2. The van der Waals surface area contributed by atoms with Gasteiger partial charge in [0.2, 0.25) is 0 Å². The molecule has 0 aliphatic rings. The van der Waals surface area contributed by atoms with Crippen LogP contribution in [0.15, 0.2) is 6.20 Å². The van der Waals surface area contributed by atoms with Gasteiger partial charge in [-0.15, -0.1) is 0 Å². The highest BCUT2D eigenvalue weighted by atomic mass is 16.5. The van der Waals surface area contributed by atoms with Gasteiger partial charge in [-0.1, -0.05) is 0 Å². The molecule has 0 unspecified atom stereocenters. The van der Waals surface area contributed by atoms with E-state index in [1.807, 2.05) is 0 Å². The van der Waals surface area contributed by atoms with Crippen molar-refractivity contribution in [2.45, 2.75) is 6.73 Å². The first kappa shape index (κ1) is 11.5. The van der Waals surface area contributed by atoms with Gasteiger partial charge < -0.3 is 20.3 Å². The number of hydrogen-bond acceptors (Lipinski definition) is 5. The van der Waals surface area contributed by atoms with Crippen molar-refractivity contribution >= 4 is 11.7 Å². The first-order chi connectivity index (χ1) is 7.15. The monoisotopic (exact) mass is 215 g/mol. The highest BCUT2D eigenvalue weighted by Crippen LogP contribution is 2.08. The number of ether oxygens (including phenoxy) is 2. The van der Waals surface area contributed by atoms with Gasteiger partial charge in [0.15, 0.2) is 5.69 Å². The molecule has 1 heterocycles. The molecule has 0 atom stereocenters. The van der Waals surface area contributed by atoms with E-state index in [1.54, 1.807) is 7.11 Å². The molecular formula is C8H13N3O4. The number of rotatable bonds is 6.